The van der Waals surface area contributed by atoms with E-state index in [1.54, 1.807) is 18.1 Å². The lowest BCUT2D eigenvalue weighted by Gasteiger charge is -2.32. The third-order valence-corrected chi connectivity index (χ3v) is 6.15. The van der Waals surface area contributed by atoms with E-state index in [1.807, 2.05) is 79.7 Å². The number of benzene rings is 3. The maximum Gasteiger partial charge on any atom is 0.243 e. The lowest BCUT2D eigenvalue weighted by molar-refractivity contribution is -0.141. The Balaban J connectivity index is 1.75. The number of carbonyl (C=O) groups is 2. The van der Waals surface area contributed by atoms with Gasteiger partial charge in [-0.3, -0.25) is 9.59 Å². The summed E-state index contributed by atoms with van der Waals surface area (Å²) < 4.78 is 11.0. The molecule has 36 heavy (non-hydrogen) atoms. The molecule has 0 saturated carbocycles. The first kappa shape index (κ1) is 27.1. The predicted octanol–water partition coefficient (Wildman–Crippen LogP) is 5.28. The molecule has 0 aliphatic heterocycles. The molecule has 190 valence electrons. The van der Waals surface area contributed by atoms with E-state index >= 15 is 0 Å². The van der Waals surface area contributed by atoms with Crippen molar-refractivity contribution >= 4 is 23.4 Å². The monoisotopic (exact) mass is 508 g/mol. The summed E-state index contributed by atoms with van der Waals surface area (Å²) in [6, 6.07) is 23.8. The van der Waals surface area contributed by atoms with Crippen LogP contribution in [0.3, 0.4) is 0 Å². The highest BCUT2D eigenvalue weighted by molar-refractivity contribution is 6.31. The Labute approximate surface area is 218 Å². The van der Waals surface area contributed by atoms with Gasteiger partial charge in [-0.15, -0.1) is 0 Å². The summed E-state index contributed by atoms with van der Waals surface area (Å²) in [5.41, 5.74) is 1.78. The fourth-order valence-corrected chi connectivity index (χ4v) is 4.08. The number of hydrogen-bond acceptors (Lipinski definition) is 4. The Bertz CT molecular complexity index is 1110. The van der Waals surface area contributed by atoms with Gasteiger partial charge in [0.1, 0.15) is 17.5 Å². The van der Waals surface area contributed by atoms with Crippen molar-refractivity contribution in [1.82, 2.24) is 10.2 Å². The molecule has 0 saturated heterocycles. The van der Waals surface area contributed by atoms with Crippen molar-refractivity contribution in [2.75, 3.05) is 20.3 Å². The normalized spacial score (nSPS) is 11.4. The summed E-state index contributed by atoms with van der Waals surface area (Å²) in [5, 5.41) is 3.46. The fraction of sp³-hybridized carbons (Fsp3) is 0.310. The van der Waals surface area contributed by atoms with Crippen LogP contribution in [0.25, 0.3) is 0 Å². The van der Waals surface area contributed by atoms with Gasteiger partial charge in [-0.1, -0.05) is 60.1 Å². The highest BCUT2D eigenvalue weighted by atomic mass is 35.5. The largest absolute Gasteiger partial charge is 0.497 e. The Morgan fingerprint density at radius 1 is 0.944 bits per heavy atom. The van der Waals surface area contributed by atoms with Gasteiger partial charge in [0, 0.05) is 31.0 Å². The van der Waals surface area contributed by atoms with E-state index in [4.69, 9.17) is 21.1 Å². The van der Waals surface area contributed by atoms with Crippen molar-refractivity contribution in [3.05, 3.63) is 95.0 Å². The Morgan fingerprint density at radius 3 is 2.28 bits per heavy atom. The molecule has 0 unspecified atom stereocenters. The third-order valence-electron chi connectivity index (χ3n) is 5.78. The quantitative estimate of drug-likeness (QED) is 0.319. The summed E-state index contributed by atoms with van der Waals surface area (Å²) in [4.78, 5) is 28.3. The molecule has 0 radical (unpaired) electrons. The molecule has 2 amide bonds. The minimum Gasteiger partial charge on any atom is -0.497 e. The van der Waals surface area contributed by atoms with E-state index in [0.29, 0.717) is 36.8 Å². The maximum absolute atomic E-state index is 13.5. The van der Waals surface area contributed by atoms with Gasteiger partial charge >= 0.3 is 0 Å². The van der Waals surface area contributed by atoms with Crippen LogP contribution >= 0.6 is 11.6 Å². The zero-order chi connectivity index (χ0) is 25.8. The average Bonchev–Trinajstić information content (AvgIpc) is 2.90. The minimum atomic E-state index is -0.668. The van der Waals surface area contributed by atoms with Crippen LogP contribution in [0.4, 0.5) is 0 Å². The molecular weight excluding hydrogens is 476 g/mol. The molecule has 0 aliphatic carbocycles. The number of carbonyl (C=O) groups excluding carboxylic acids is 2. The molecule has 0 aliphatic rings. The van der Waals surface area contributed by atoms with E-state index in [0.717, 1.165) is 16.9 Å². The number of halogens is 1. The van der Waals surface area contributed by atoms with Crippen molar-refractivity contribution in [3.8, 4) is 11.5 Å². The minimum absolute atomic E-state index is 0.125. The average molecular weight is 509 g/mol. The second-order valence-corrected chi connectivity index (χ2v) is 8.75. The molecule has 0 heterocycles. The van der Waals surface area contributed by atoms with Gasteiger partial charge in [-0.05, 0) is 54.8 Å². The van der Waals surface area contributed by atoms with Crippen molar-refractivity contribution < 1.29 is 19.1 Å². The van der Waals surface area contributed by atoms with Crippen LogP contribution in [0.2, 0.25) is 5.02 Å². The van der Waals surface area contributed by atoms with Crippen LogP contribution in [-0.2, 0) is 22.6 Å². The first-order valence-electron chi connectivity index (χ1n) is 12.1. The smallest absolute Gasteiger partial charge is 0.243 e. The van der Waals surface area contributed by atoms with E-state index in [2.05, 4.69) is 5.32 Å². The van der Waals surface area contributed by atoms with Crippen LogP contribution in [0.5, 0.6) is 11.5 Å². The molecule has 7 heteroatoms. The van der Waals surface area contributed by atoms with Crippen LogP contribution < -0.4 is 14.8 Å². The zero-order valence-corrected chi connectivity index (χ0v) is 21.5. The SMILES string of the molecule is CCNC(=O)[C@H](Cc1ccccc1)N(Cc1ccccc1Cl)C(=O)CCCOc1ccc(OC)cc1. The van der Waals surface area contributed by atoms with Crippen molar-refractivity contribution in [1.29, 1.82) is 0 Å². The predicted molar refractivity (Wildman–Crippen MR) is 142 cm³/mol. The van der Waals surface area contributed by atoms with Crippen LogP contribution in [-0.4, -0.2) is 43.0 Å². The molecule has 0 bridgehead atoms. The van der Waals surface area contributed by atoms with Gasteiger partial charge in [-0.25, -0.2) is 0 Å². The molecule has 0 aromatic heterocycles. The lowest BCUT2D eigenvalue weighted by atomic mass is 10.0. The standard InChI is InChI=1S/C29H33ClN2O4/c1-3-31-29(34)27(20-22-10-5-4-6-11-22)32(21-23-12-7-8-13-26(23)30)28(33)14-9-19-36-25-17-15-24(35-2)16-18-25/h4-8,10-13,15-18,27H,3,9,14,19-21H2,1-2H3,(H,31,34)/t27-/m0/s1. The Kier molecular flexibility index (Phi) is 10.6. The summed E-state index contributed by atoms with van der Waals surface area (Å²) in [6.45, 7) is 2.97. The third kappa shape index (κ3) is 8.02. The topological polar surface area (TPSA) is 67.9 Å². The highest BCUT2D eigenvalue weighted by Crippen LogP contribution is 2.22. The van der Waals surface area contributed by atoms with E-state index in [9.17, 15) is 9.59 Å². The maximum atomic E-state index is 13.5. The number of likely N-dealkylation sites (N-methyl/N-ethyl adjacent to an activating group) is 1. The number of rotatable bonds is 13. The van der Waals surface area contributed by atoms with Gasteiger partial charge in [0.25, 0.3) is 0 Å². The summed E-state index contributed by atoms with van der Waals surface area (Å²) in [7, 11) is 1.61. The summed E-state index contributed by atoms with van der Waals surface area (Å²) >= 11 is 6.43. The van der Waals surface area contributed by atoms with Gasteiger partial charge in [0.15, 0.2) is 0 Å². The van der Waals surface area contributed by atoms with Crippen LogP contribution in [0.1, 0.15) is 30.9 Å². The number of nitrogens with one attached hydrogen (secondary N) is 1. The molecule has 1 atom stereocenters. The molecule has 6 nitrogen and oxygen atoms in total. The van der Waals surface area contributed by atoms with Crippen molar-refractivity contribution in [2.45, 2.75) is 38.8 Å². The number of hydrogen-bond donors (Lipinski definition) is 1. The number of ether oxygens (including phenoxy) is 2. The Morgan fingerprint density at radius 2 is 1.61 bits per heavy atom. The molecule has 1 N–H and O–H groups in total. The molecule has 3 aromatic carbocycles. The molecule has 3 aromatic rings. The molecule has 0 fully saturated rings. The highest BCUT2D eigenvalue weighted by Gasteiger charge is 2.30. The lowest BCUT2D eigenvalue weighted by Crippen LogP contribution is -2.50. The van der Waals surface area contributed by atoms with Crippen molar-refractivity contribution in [2.24, 2.45) is 0 Å². The molecular formula is C29H33ClN2O4. The molecule has 0 spiro atoms. The molecule has 3 rings (SSSR count). The van der Waals surface area contributed by atoms with Gasteiger partial charge < -0.3 is 19.7 Å². The van der Waals surface area contributed by atoms with E-state index in [1.165, 1.54) is 0 Å². The second kappa shape index (κ2) is 14.1. The second-order valence-electron chi connectivity index (χ2n) is 8.34. The number of nitrogens with zero attached hydrogens (tertiary/aromatic N) is 1. The van der Waals surface area contributed by atoms with Gasteiger partial charge in [-0.2, -0.15) is 0 Å². The first-order chi connectivity index (χ1) is 17.5. The van der Waals surface area contributed by atoms with E-state index < -0.39 is 6.04 Å². The van der Waals surface area contributed by atoms with Crippen molar-refractivity contribution in [3.63, 3.8) is 0 Å². The van der Waals surface area contributed by atoms with Gasteiger partial charge in [0.05, 0.1) is 13.7 Å². The Hall–Kier alpha value is -3.51. The van der Waals surface area contributed by atoms with Crippen LogP contribution in [0, 0.1) is 0 Å². The summed E-state index contributed by atoms with van der Waals surface area (Å²) in [6.07, 6.45) is 1.16. The first-order valence-corrected chi connectivity index (χ1v) is 12.5. The number of amides is 2. The van der Waals surface area contributed by atoms with Crippen LogP contribution in [0.15, 0.2) is 78.9 Å². The summed E-state index contributed by atoms with van der Waals surface area (Å²) in [5.74, 6) is 1.15. The zero-order valence-electron chi connectivity index (χ0n) is 20.8. The van der Waals surface area contributed by atoms with Gasteiger partial charge in [0.2, 0.25) is 11.8 Å². The fourth-order valence-electron chi connectivity index (χ4n) is 3.89. The number of methoxy groups -OCH3 is 1. The van der Waals surface area contributed by atoms with E-state index in [-0.39, 0.29) is 24.8 Å².